The Morgan fingerprint density at radius 1 is 1.09 bits per heavy atom. The Bertz CT molecular complexity index is 1110. The number of ketones is 1. The van der Waals surface area contributed by atoms with E-state index in [0.29, 0.717) is 16.7 Å². The average molecular weight is 456 g/mol. The predicted molar refractivity (Wildman–Crippen MR) is 117 cm³/mol. The van der Waals surface area contributed by atoms with Crippen molar-refractivity contribution < 1.29 is 27.6 Å². The number of fused-ring (bicyclic) bond motifs is 1. The minimum Gasteiger partial charge on any atom is -0.434 e. The van der Waals surface area contributed by atoms with Gasteiger partial charge in [-0.05, 0) is 31.0 Å². The van der Waals surface area contributed by atoms with Gasteiger partial charge in [-0.2, -0.15) is 0 Å². The first-order chi connectivity index (χ1) is 15.6. The van der Waals surface area contributed by atoms with E-state index in [2.05, 4.69) is 10.3 Å². The fraction of sp³-hybridized carbons (Fsp3) is 0.292. The van der Waals surface area contributed by atoms with Gasteiger partial charge in [0.05, 0.1) is 6.42 Å². The lowest BCUT2D eigenvalue weighted by Gasteiger charge is -2.28. The van der Waals surface area contributed by atoms with Crippen LogP contribution >= 0.6 is 0 Å². The summed E-state index contributed by atoms with van der Waals surface area (Å²) in [5, 5.41) is 2.44. The number of hydrogen-bond acceptors (Lipinski definition) is 5. The Balaban J connectivity index is 1.71. The number of carbonyl (C=O) groups is 3. The summed E-state index contributed by atoms with van der Waals surface area (Å²) in [4.78, 5) is 41.1. The molecule has 0 fully saturated rings. The average Bonchev–Trinajstić information content (AvgIpc) is 3.20. The lowest BCUT2D eigenvalue weighted by molar-refractivity contribution is -0.122. The molecule has 0 spiro atoms. The van der Waals surface area contributed by atoms with Crippen molar-refractivity contribution in [3.8, 4) is 0 Å². The van der Waals surface area contributed by atoms with Gasteiger partial charge in [-0.25, -0.2) is 13.8 Å². The molecule has 0 bridgehead atoms. The highest BCUT2D eigenvalue weighted by Crippen LogP contribution is 2.26. The predicted octanol–water partition coefficient (Wildman–Crippen LogP) is 3.62. The highest BCUT2D eigenvalue weighted by Gasteiger charge is 2.39. The van der Waals surface area contributed by atoms with Crippen molar-refractivity contribution in [2.75, 3.05) is 0 Å². The summed E-state index contributed by atoms with van der Waals surface area (Å²) in [6.07, 6.45) is -0.924. The molecule has 0 saturated heterocycles. The van der Waals surface area contributed by atoms with Gasteiger partial charge >= 0.3 is 0 Å². The van der Waals surface area contributed by atoms with Gasteiger partial charge in [-0.15, -0.1) is 0 Å². The van der Waals surface area contributed by atoms with Gasteiger partial charge in [0.1, 0.15) is 11.1 Å². The number of halogens is 2. The zero-order valence-corrected chi connectivity index (χ0v) is 18.0. The normalized spacial score (nSPS) is 13.4. The minimum atomic E-state index is -3.16. The van der Waals surface area contributed by atoms with Crippen LogP contribution in [0.25, 0.3) is 11.1 Å². The zero-order valence-electron chi connectivity index (χ0n) is 18.0. The molecule has 1 aromatic heterocycles. The molecule has 33 heavy (non-hydrogen) atoms. The van der Waals surface area contributed by atoms with Crippen molar-refractivity contribution in [1.82, 2.24) is 10.3 Å². The first-order valence-electron chi connectivity index (χ1n) is 10.3. The van der Waals surface area contributed by atoms with E-state index in [1.54, 1.807) is 54.6 Å². The van der Waals surface area contributed by atoms with Gasteiger partial charge in [-0.3, -0.25) is 14.4 Å². The second kappa shape index (κ2) is 9.89. The lowest BCUT2D eigenvalue weighted by atomic mass is 9.89. The first kappa shape index (κ1) is 24.0. The fourth-order valence-electron chi connectivity index (χ4n) is 3.34. The summed E-state index contributed by atoms with van der Waals surface area (Å²) in [7, 11) is 0. The van der Waals surface area contributed by atoms with Crippen LogP contribution < -0.4 is 11.1 Å². The maximum Gasteiger partial charge on any atom is 0.266 e. The summed E-state index contributed by atoms with van der Waals surface area (Å²) < 4.78 is 34.2. The van der Waals surface area contributed by atoms with Crippen LogP contribution in [0.2, 0.25) is 0 Å². The number of rotatable bonds is 11. The standard InChI is InChI=1S/C24H24F2N3O4/c1-23(13-11-19(27)30,21(32)22-28-17-9-5-6-10-18(17)33-22)29-20(31)12-14-24(25,26)15-16-7-3-2-4-8-16/h2-10,12H,11,13-15H2,1H3,(H2,27,30)(H,29,31)/t23-/m0/s1. The summed E-state index contributed by atoms with van der Waals surface area (Å²) in [5.41, 5.74) is 4.82. The van der Waals surface area contributed by atoms with Crippen LogP contribution in [0, 0.1) is 6.42 Å². The number of para-hydroxylation sites is 2. The molecule has 3 aromatic rings. The van der Waals surface area contributed by atoms with Gasteiger partial charge in [0.2, 0.25) is 17.6 Å². The second-order valence-corrected chi connectivity index (χ2v) is 8.03. The van der Waals surface area contributed by atoms with Crippen LogP contribution in [0.5, 0.6) is 0 Å². The van der Waals surface area contributed by atoms with E-state index < -0.39 is 41.9 Å². The van der Waals surface area contributed by atoms with E-state index >= 15 is 0 Å². The molecule has 173 valence electrons. The molecule has 0 aliphatic rings. The molecule has 0 saturated carbocycles. The number of aromatic nitrogens is 1. The van der Waals surface area contributed by atoms with Gasteiger partial charge in [0, 0.05) is 19.3 Å². The zero-order chi connectivity index (χ0) is 24.1. The number of oxazole rings is 1. The molecule has 1 heterocycles. The van der Waals surface area contributed by atoms with Crippen molar-refractivity contribution in [3.05, 3.63) is 72.5 Å². The maximum atomic E-state index is 14.3. The maximum absolute atomic E-state index is 14.3. The van der Waals surface area contributed by atoms with Crippen molar-refractivity contribution in [2.45, 2.75) is 44.1 Å². The minimum absolute atomic E-state index is 0.153. The Morgan fingerprint density at radius 2 is 1.76 bits per heavy atom. The molecule has 7 nitrogen and oxygen atoms in total. The molecule has 0 aliphatic carbocycles. The molecule has 1 atom stereocenters. The summed E-state index contributed by atoms with van der Waals surface area (Å²) in [5.74, 6) is -5.68. The molecule has 3 N–H and O–H groups in total. The second-order valence-electron chi connectivity index (χ2n) is 8.03. The smallest absolute Gasteiger partial charge is 0.266 e. The number of primary amides is 1. The van der Waals surface area contributed by atoms with Crippen molar-refractivity contribution in [2.24, 2.45) is 5.73 Å². The quantitative estimate of drug-likeness (QED) is 0.428. The van der Waals surface area contributed by atoms with Crippen LogP contribution in [0.15, 0.2) is 59.0 Å². The number of alkyl halides is 2. The highest BCUT2D eigenvalue weighted by atomic mass is 19.3. The van der Waals surface area contributed by atoms with E-state index in [4.69, 9.17) is 10.2 Å². The van der Waals surface area contributed by atoms with Gasteiger partial charge < -0.3 is 15.5 Å². The number of benzene rings is 2. The van der Waals surface area contributed by atoms with Crippen LogP contribution in [0.4, 0.5) is 8.78 Å². The molecular weight excluding hydrogens is 432 g/mol. The molecule has 3 rings (SSSR count). The molecule has 1 radical (unpaired) electrons. The summed E-state index contributed by atoms with van der Waals surface area (Å²) in [6.45, 7) is 1.38. The van der Waals surface area contributed by atoms with E-state index in [9.17, 15) is 23.2 Å². The Hall–Kier alpha value is -3.62. The Kier molecular flexibility index (Phi) is 7.20. The van der Waals surface area contributed by atoms with E-state index in [-0.39, 0.29) is 18.7 Å². The largest absolute Gasteiger partial charge is 0.434 e. The van der Waals surface area contributed by atoms with E-state index in [0.717, 1.165) is 6.42 Å². The fourth-order valence-corrected chi connectivity index (χ4v) is 3.34. The van der Waals surface area contributed by atoms with Crippen molar-refractivity contribution >= 4 is 28.7 Å². The van der Waals surface area contributed by atoms with Crippen molar-refractivity contribution in [1.29, 1.82) is 0 Å². The molecular formula is C24H24F2N3O4. The SMILES string of the molecule is C[C@@](CCC(N)=O)(NC(=O)[CH]CC(F)(F)Cc1ccccc1)C(=O)c1nc2ccccc2o1. The number of nitrogens with one attached hydrogen (secondary N) is 1. The van der Waals surface area contributed by atoms with E-state index in [1.807, 2.05) is 0 Å². The highest BCUT2D eigenvalue weighted by molar-refractivity contribution is 6.04. The topological polar surface area (TPSA) is 115 Å². The Labute approximate surface area is 189 Å². The van der Waals surface area contributed by atoms with Gasteiger partial charge in [-0.1, -0.05) is 42.5 Å². The molecule has 2 aromatic carbocycles. The van der Waals surface area contributed by atoms with Crippen LogP contribution in [-0.4, -0.2) is 34.0 Å². The molecule has 2 amide bonds. The third-order valence-electron chi connectivity index (χ3n) is 5.15. The molecule has 9 heteroatoms. The third-order valence-corrected chi connectivity index (χ3v) is 5.15. The van der Waals surface area contributed by atoms with Crippen molar-refractivity contribution in [3.63, 3.8) is 0 Å². The van der Waals surface area contributed by atoms with Gasteiger partial charge in [0.15, 0.2) is 5.58 Å². The number of nitrogens with zero attached hydrogens (tertiary/aromatic N) is 1. The first-order valence-corrected chi connectivity index (χ1v) is 10.3. The monoisotopic (exact) mass is 456 g/mol. The van der Waals surface area contributed by atoms with Crippen LogP contribution in [0.1, 0.15) is 42.4 Å². The number of carbonyl (C=O) groups excluding carboxylic acids is 3. The third kappa shape index (κ3) is 6.44. The number of nitrogens with two attached hydrogens (primary N) is 1. The van der Waals surface area contributed by atoms with Crippen LogP contribution in [0.3, 0.4) is 0 Å². The molecule has 0 unspecified atom stereocenters. The number of amides is 2. The lowest BCUT2D eigenvalue weighted by Crippen LogP contribution is -2.53. The van der Waals surface area contributed by atoms with Crippen LogP contribution in [-0.2, 0) is 16.0 Å². The number of hydrogen-bond donors (Lipinski definition) is 2. The summed E-state index contributed by atoms with van der Waals surface area (Å²) >= 11 is 0. The molecule has 0 aliphatic heterocycles. The number of Topliss-reactive ketones (excluding diaryl/α,β-unsaturated/α-hetero) is 1. The van der Waals surface area contributed by atoms with Gasteiger partial charge in [0.25, 0.3) is 11.8 Å². The Morgan fingerprint density at radius 3 is 2.42 bits per heavy atom. The van der Waals surface area contributed by atoms with E-state index in [1.165, 1.54) is 6.92 Å². The summed E-state index contributed by atoms with van der Waals surface area (Å²) in [6, 6.07) is 14.9.